The summed E-state index contributed by atoms with van der Waals surface area (Å²) in [4.78, 5) is 38.3. The number of nitrogens with zero attached hydrogens (tertiary/aromatic N) is 1. The van der Waals surface area contributed by atoms with Crippen LogP contribution >= 0.6 is 11.6 Å². The lowest BCUT2D eigenvalue weighted by molar-refractivity contribution is -0.155. The number of fused-ring (bicyclic) bond motifs is 1. The molecule has 0 saturated carbocycles. The summed E-state index contributed by atoms with van der Waals surface area (Å²) in [5.74, 6) is -1.62. The molecule has 1 atom stereocenters. The van der Waals surface area contributed by atoms with E-state index in [1.54, 1.807) is 18.2 Å². The minimum atomic E-state index is -0.748. The number of carbonyl (C=O) groups excluding carboxylic acids is 3. The van der Waals surface area contributed by atoms with Crippen LogP contribution in [0.1, 0.15) is 21.5 Å². The molecule has 7 heteroatoms. The van der Waals surface area contributed by atoms with E-state index in [2.05, 4.69) is 0 Å². The van der Waals surface area contributed by atoms with E-state index >= 15 is 0 Å². The van der Waals surface area contributed by atoms with Gasteiger partial charge in [0.2, 0.25) is 0 Å². The maximum Gasteiger partial charge on any atom is 0.338 e. The summed E-state index contributed by atoms with van der Waals surface area (Å²) >= 11 is 5.86. The van der Waals surface area contributed by atoms with E-state index in [1.165, 1.54) is 18.1 Å². The first-order valence-corrected chi connectivity index (χ1v) is 8.74. The Labute approximate surface area is 161 Å². The molecule has 1 amide bonds. The first-order valence-electron chi connectivity index (χ1n) is 8.36. The number of amides is 1. The molecule has 6 nitrogen and oxygen atoms in total. The summed E-state index contributed by atoms with van der Waals surface area (Å²) in [7, 11) is 1.28. The van der Waals surface area contributed by atoms with Gasteiger partial charge < -0.3 is 14.4 Å². The van der Waals surface area contributed by atoms with Gasteiger partial charge in [-0.25, -0.2) is 9.59 Å². The second-order valence-corrected chi connectivity index (χ2v) is 6.56. The third-order valence-corrected chi connectivity index (χ3v) is 4.66. The van der Waals surface area contributed by atoms with Crippen molar-refractivity contribution in [1.29, 1.82) is 0 Å². The zero-order valence-electron chi connectivity index (χ0n) is 14.7. The van der Waals surface area contributed by atoms with Gasteiger partial charge in [0.05, 0.1) is 12.7 Å². The molecular weight excluding hydrogens is 370 g/mol. The zero-order valence-corrected chi connectivity index (χ0v) is 15.4. The Balaban J connectivity index is 1.72. The highest BCUT2D eigenvalue weighted by Gasteiger charge is 2.35. The largest absolute Gasteiger partial charge is 0.467 e. The first kappa shape index (κ1) is 18.9. The van der Waals surface area contributed by atoms with Gasteiger partial charge in [-0.2, -0.15) is 0 Å². The third kappa shape index (κ3) is 4.28. The Hall–Kier alpha value is -2.86. The van der Waals surface area contributed by atoms with Gasteiger partial charge in [-0.1, -0.05) is 41.9 Å². The van der Waals surface area contributed by atoms with Crippen molar-refractivity contribution >= 4 is 29.4 Å². The van der Waals surface area contributed by atoms with Crippen molar-refractivity contribution in [3.05, 3.63) is 70.2 Å². The number of hydrogen-bond donors (Lipinski definition) is 0. The molecule has 0 saturated heterocycles. The summed E-state index contributed by atoms with van der Waals surface area (Å²) in [6.07, 6.45) is 0.358. The summed E-state index contributed by atoms with van der Waals surface area (Å²) < 4.78 is 9.94. The van der Waals surface area contributed by atoms with Gasteiger partial charge in [0.25, 0.3) is 5.91 Å². The molecule has 2 aromatic carbocycles. The number of halogens is 1. The fraction of sp³-hybridized carbons (Fsp3) is 0.250. The van der Waals surface area contributed by atoms with Crippen molar-refractivity contribution in [2.75, 3.05) is 13.7 Å². The van der Waals surface area contributed by atoms with Crippen LogP contribution in [0.3, 0.4) is 0 Å². The third-order valence-electron chi connectivity index (χ3n) is 4.43. The Morgan fingerprint density at radius 3 is 2.56 bits per heavy atom. The molecule has 27 heavy (non-hydrogen) atoms. The van der Waals surface area contributed by atoms with E-state index in [-0.39, 0.29) is 12.1 Å². The predicted octanol–water partition coefficient (Wildman–Crippen LogP) is 2.62. The predicted molar refractivity (Wildman–Crippen MR) is 98.2 cm³/mol. The Kier molecular flexibility index (Phi) is 5.76. The highest BCUT2D eigenvalue weighted by molar-refractivity contribution is 6.30. The van der Waals surface area contributed by atoms with Crippen LogP contribution in [0, 0.1) is 0 Å². The fourth-order valence-corrected chi connectivity index (χ4v) is 3.23. The van der Waals surface area contributed by atoms with Crippen LogP contribution < -0.4 is 0 Å². The van der Waals surface area contributed by atoms with Gasteiger partial charge in [0.1, 0.15) is 6.04 Å². The monoisotopic (exact) mass is 387 g/mol. The maximum atomic E-state index is 12.7. The van der Waals surface area contributed by atoms with Gasteiger partial charge in [-0.05, 0) is 29.3 Å². The van der Waals surface area contributed by atoms with Crippen LogP contribution in [0.15, 0.2) is 48.5 Å². The number of methoxy groups -OCH3 is 1. The molecule has 0 aliphatic carbocycles. The minimum absolute atomic E-state index is 0.253. The number of ether oxygens (including phenoxy) is 2. The fourth-order valence-electron chi connectivity index (χ4n) is 3.04. The lowest BCUT2D eigenvalue weighted by Gasteiger charge is -2.35. The smallest absolute Gasteiger partial charge is 0.338 e. The van der Waals surface area contributed by atoms with Gasteiger partial charge in [0, 0.05) is 18.0 Å². The van der Waals surface area contributed by atoms with E-state index < -0.39 is 30.5 Å². The first-order chi connectivity index (χ1) is 13.0. The SMILES string of the molecule is COC(=O)[C@@H]1Cc2ccccc2CN1C(=O)COC(=O)c1cccc(Cl)c1. The van der Waals surface area contributed by atoms with Crippen molar-refractivity contribution in [1.82, 2.24) is 4.90 Å². The topological polar surface area (TPSA) is 72.9 Å². The molecule has 0 bridgehead atoms. The molecule has 0 unspecified atom stereocenters. The van der Waals surface area contributed by atoms with Crippen molar-refractivity contribution in [3.63, 3.8) is 0 Å². The molecule has 0 aromatic heterocycles. The average molecular weight is 388 g/mol. The standard InChI is InChI=1S/C20H18ClNO5/c1-26-20(25)17-10-13-5-2-3-6-15(13)11-22(17)18(23)12-27-19(24)14-7-4-8-16(21)9-14/h2-9,17H,10-12H2,1H3/t17-/m0/s1. The second kappa shape index (κ2) is 8.22. The Bertz CT molecular complexity index is 882. The molecule has 2 aromatic rings. The number of rotatable bonds is 4. The highest BCUT2D eigenvalue weighted by Crippen LogP contribution is 2.24. The van der Waals surface area contributed by atoms with E-state index in [0.29, 0.717) is 11.4 Å². The highest BCUT2D eigenvalue weighted by atomic mass is 35.5. The summed E-state index contributed by atoms with van der Waals surface area (Å²) in [5, 5.41) is 0.397. The van der Waals surface area contributed by atoms with Crippen LogP contribution in [0.2, 0.25) is 5.02 Å². The summed E-state index contributed by atoms with van der Waals surface area (Å²) in [6, 6.07) is 13.1. The summed E-state index contributed by atoms with van der Waals surface area (Å²) in [5.41, 5.74) is 2.20. The Morgan fingerprint density at radius 2 is 1.85 bits per heavy atom. The van der Waals surface area contributed by atoms with Gasteiger partial charge in [-0.15, -0.1) is 0 Å². The minimum Gasteiger partial charge on any atom is -0.467 e. The molecule has 140 valence electrons. The van der Waals surface area contributed by atoms with Crippen LogP contribution in [0.25, 0.3) is 0 Å². The maximum absolute atomic E-state index is 12.7. The lowest BCUT2D eigenvalue weighted by atomic mass is 9.94. The van der Waals surface area contributed by atoms with E-state index in [4.69, 9.17) is 21.1 Å². The normalized spacial score (nSPS) is 15.6. The molecule has 0 radical (unpaired) electrons. The molecule has 3 rings (SSSR count). The number of benzene rings is 2. The van der Waals surface area contributed by atoms with E-state index in [9.17, 15) is 14.4 Å². The molecule has 0 fully saturated rings. The molecule has 1 aliphatic heterocycles. The van der Waals surface area contributed by atoms with Crippen molar-refractivity contribution < 1.29 is 23.9 Å². The number of carbonyl (C=O) groups is 3. The van der Waals surface area contributed by atoms with Crippen LogP contribution in [-0.4, -0.2) is 42.5 Å². The zero-order chi connectivity index (χ0) is 19.4. The van der Waals surface area contributed by atoms with Crippen molar-refractivity contribution in [3.8, 4) is 0 Å². The second-order valence-electron chi connectivity index (χ2n) is 6.12. The molecule has 1 aliphatic rings. The lowest BCUT2D eigenvalue weighted by Crippen LogP contribution is -2.50. The van der Waals surface area contributed by atoms with Crippen LogP contribution in [0.4, 0.5) is 0 Å². The quantitative estimate of drug-likeness (QED) is 0.754. The molecule has 1 heterocycles. The summed E-state index contributed by atoms with van der Waals surface area (Å²) in [6.45, 7) is -0.218. The van der Waals surface area contributed by atoms with Gasteiger partial charge in [-0.3, -0.25) is 4.79 Å². The number of hydrogen-bond acceptors (Lipinski definition) is 5. The van der Waals surface area contributed by atoms with Crippen molar-refractivity contribution in [2.24, 2.45) is 0 Å². The van der Waals surface area contributed by atoms with E-state index in [1.807, 2.05) is 24.3 Å². The van der Waals surface area contributed by atoms with E-state index in [0.717, 1.165) is 11.1 Å². The molecular formula is C20H18ClNO5. The van der Waals surface area contributed by atoms with Crippen molar-refractivity contribution in [2.45, 2.75) is 19.0 Å². The van der Waals surface area contributed by atoms with Crippen LogP contribution in [-0.2, 0) is 32.0 Å². The molecule has 0 spiro atoms. The van der Waals surface area contributed by atoms with Gasteiger partial charge in [0.15, 0.2) is 6.61 Å². The average Bonchev–Trinajstić information content (AvgIpc) is 2.70. The number of esters is 2. The van der Waals surface area contributed by atoms with Crippen LogP contribution in [0.5, 0.6) is 0 Å². The molecule has 0 N–H and O–H groups in total. The Morgan fingerprint density at radius 1 is 1.11 bits per heavy atom. The van der Waals surface area contributed by atoms with Gasteiger partial charge >= 0.3 is 11.9 Å².